The van der Waals surface area contributed by atoms with Gasteiger partial charge in [-0.1, -0.05) is 55.4 Å². The molecule has 198 valence electrons. The lowest BCUT2D eigenvalue weighted by molar-refractivity contribution is -0.145. The van der Waals surface area contributed by atoms with E-state index in [0.717, 1.165) is 29.3 Å². The summed E-state index contributed by atoms with van der Waals surface area (Å²) in [5, 5.41) is 0. The van der Waals surface area contributed by atoms with Gasteiger partial charge in [-0.3, -0.25) is 0 Å². The molecule has 0 aliphatic rings. The van der Waals surface area contributed by atoms with Crippen molar-refractivity contribution in [2.24, 2.45) is 0 Å². The van der Waals surface area contributed by atoms with E-state index in [1.54, 1.807) is 13.1 Å². The molecule has 0 unspecified atom stereocenters. The van der Waals surface area contributed by atoms with E-state index in [4.69, 9.17) is 0 Å². The predicted octanol–water partition coefficient (Wildman–Crippen LogP) is 6.87. The van der Waals surface area contributed by atoms with Crippen molar-refractivity contribution < 1.29 is 13.2 Å². The first kappa shape index (κ1) is 36.4. The minimum Gasteiger partial charge on any atom is -0.312 e. The van der Waals surface area contributed by atoms with Gasteiger partial charge in [0.25, 0.3) is 0 Å². The molecule has 0 saturated carbocycles. The summed E-state index contributed by atoms with van der Waals surface area (Å²) in [6.07, 6.45) is 4.68. The van der Waals surface area contributed by atoms with Crippen LogP contribution >= 0.6 is 0 Å². The number of hydrogen-bond donors (Lipinski definition) is 1. The van der Waals surface area contributed by atoms with Crippen molar-refractivity contribution >= 4 is 0 Å². The molecule has 3 rings (SSSR count). The van der Waals surface area contributed by atoms with Gasteiger partial charge in [-0.15, -0.1) is 0 Å². The van der Waals surface area contributed by atoms with Gasteiger partial charge in [0.2, 0.25) is 5.82 Å². The summed E-state index contributed by atoms with van der Waals surface area (Å²) in [7, 11) is 0. The van der Waals surface area contributed by atoms with E-state index in [2.05, 4.69) is 43.8 Å². The quantitative estimate of drug-likeness (QED) is 0.393. The van der Waals surface area contributed by atoms with Gasteiger partial charge in [0.1, 0.15) is 5.82 Å². The fraction of sp³-hybridized carbons (Fsp3) is 0.520. The minimum atomic E-state index is -4.44. The second-order valence-electron chi connectivity index (χ2n) is 6.45. The molecule has 1 N–H and O–H groups in total. The summed E-state index contributed by atoms with van der Waals surface area (Å²) < 4.78 is 35.4. The first-order valence-electron chi connectivity index (χ1n) is 11.6. The van der Waals surface area contributed by atoms with Gasteiger partial charge in [-0.2, -0.15) is 13.2 Å². The lowest BCUT2D eigenvalue weighted by Crippen LogP contribution is -2.10. The lowest BCUT2D eigenvalue weighted by Gasteiger charge is -2.02. The van der Waals surface area contributed by atoms with Crippen molar-refractivity contribution in [3.63, 3.8) is 0 Å². The van der Waals surface area contributed by atoms with Crippen LogP contribution in [0.4, 0.5) is 13.2 Å². The average molecular weight is 499 g/mol. The summed E-state index contributed by atoms with van der Waals surface area (Å²) in [6, 6.07) is 0. The van der Waals surface area contributed by atoms with Gasteiger partial charge in [0.15, 0.2) is 0 Å². The highest BCUT2D eigenvalue weighted by Gasteiger charge is 2.34. The summed E-state index contributed by atoms with van der Waals surface area (Å²) in [6.45, 7) is 21.7. The molecule has 0 aliphatic carbocycles. The van der Waals surface area contributed by atoms with Crippen molar-refractivity contribution in [3.05, 3.63) is 76.0 Å². The molecule has 0 amide bonds. The number of hydrogen-bond acceptors (Lipinski definition) is 6. The molecule has 0 saturated heterocycles. The van der Waals surface area contributed by atoms with Crippen LogP contribution in [0.2, 0.25) is 0 Å². The Bertz CT molecular complexity index is 905. The third kappa shape index (κ3) is 18.9. The van der Waals surface area contributed by atoms with Gasteiger partial charge >= 0.3 is 11.9 Å². The largest absolute Gasteiger partial charge is 0.451 e. The Morgan fingerprint density at radius 2 is 1.06 bits per heavy atom. The van der Waals surface area contributed by atoms with E-state index < -0.39 is 12.0 Å². The fourth-order valence-corrected chi connectivity index (χ4v) is 1.65. The Kier molecular flexibility index (Phi) is 22.2. The summed E-state index contributed by atoms with van der Waals surface area (Å²) in [5.74, 6) is 0.259. The second kappa shape index (κ2) is 21.4. The van der Waals surface area contributed by atoms with Gasteiger partial charge in [-0.05, 0) is 37.5 Å². The molecule has 0 radical (unpaired) electrons. The number of rotatable bonds is 1. The molecular weight excluding hydrogens is 457 g/mol. The third-order valence-corrected chi connectivity index (χ3v) is 3.16. The van der Waals surface area contributed by atoms with Crippen molar-refractivity contribution in [2.45, 2.75) is 88.3 Å². The number of aryl methyl sites for hydroxylation is 3. The molecule has 0 fully saturated rings. The van der Waals surface area contributed by atoms with Crippen LogP contribution in [0.25, 0.3) is 0 Å². The van der Waals surface area contributed by atoms with Gasteiger partial charge in [0.05, 0.1) is 0 Å². The smallest absolute Gasteiger partial charge is 0.312 e. The zero-order valence-corrected chi connectivity index (χ0v) is 22.8. The number of H-pyrrole nitrogens is 1. The topological polar surface area (TPSA) is 97.3 Å². The van der Waals surface area contributed by atoms with Crippen LogP contribution < -0.4 is 5.69 Å². The third-order valence-electron chi connectivity index (χ3n) is 3.16. The van der Waals surface area contributed by atoms with Crippen molar-refractivity contribution in [1.29, 1.82) is 0 Å². The second-order valence-corrected chi connectivity index (χ2v) is 6.45. The number of aromatic amines is 1. The zero-order chi connectivity index (χ0) is 28.0. The van der Waals surface area contributed by atoms with Gasteiger partial charge < -0.3 is 4.98 Å². The molecule has 0 aromatic carbocycles. The average Bonchev–Trinajstić information content (AvgIpc) is 2.85. The monoisotopic (exact) mass is 498 g/mol. The maximum atomic E-state index is 11.8. The maximum Gasteiger partial charge on any atom is 0.451 e. The predicted molar refractivity (Wildman–Crippen MR) is 136 cm³/mol. The van der Waals surface area contributed by atoms with E-state index in [1.807, 2.05) is 67.8 Å². The van der Waals surface area contributed by atoms with E-state index >= 15 is 0 Å². The molecule has 10 heteroatoms. The minimum absolute atomic E-state index is 0.296. The summed E-state index contributed by atoms with van der Waals surface area (Å²) in [5.41, 5.74) is 2.39. The maximum absolute atomic E-state index is 11.8. The molecular formula is C25H41F3N6O. The highest BCUT2D eigenvalue weighted by Crippen LogP contribution is 2.25. The Hall–Kier alpha value is -3.17. The van der Waals surface area contributed by atoms with E-state index in [9.17, 15) is 18.0 Å². The Morgan fingerprint density at radius 1 is 0.686 bits per heavy atom. The Balaban J connectivity index is -0.000000399. The SMILES string of the molecule is CC.CC.CC.Cc1cnc(=O)[nH]c1.Cc1cnc(C(C)C)nc1.Cc1cnc(C(F)(F)F)nc1. The number of alkyl halides is 3. The Morgan fingerprint density at radius 3 is 1.34 bits per heavy atom. The van der Waals surface area contributed by atoms with Crippen LogP contribution in [0.1, 0.15) is 89.6 Å². The highest BCUT2D eigenvalue weighted by molar-refractivity contribution is 5.04. The van der Waals surface area contributed by atoms with E-state index in [0.29, 0.717) is 11.5 Å². The molecule has 3 heterocycles. The number of nitrogens with zero attached hydrogens (tertiary/aromatic N) is 5. The number of nitrogens with one attached hydrogen (secondary N) is 1. The first-order chi connectivity index (χ1) is 16.5. The van der Waals surface area contributed by atoms with Crippen molar-refractivity contribution in [1.82, 2.24) is 29.9 Å². The van der Waals surface area contributed by atoms with Crippen LogP contribution in [0.15, 0.2) is 42.0 Å². The van der Waals surface area contributed by atoms with Crippen molar-refractivity contribution in [2.75, 3.05) is 0 Å². The molecule has 0 aliphatic heterocycles. The molecule has 7 nitrogen and oxygen atoms in total. The summed E-state index contributed by atoms with van der Waals surface area (Å²) >= 11 is 0. The molecule has 3 aromatic heterocycles. The standard InChI is InChI=1S/C8H12N2.C6H5F3N2.C5H6N2O.3C2H6/c1-6(2)8-9-4-7(3)5-10-8;1-4-2-10-5(11-3-4)6(7,8)9;1-4-2-6-5(8)7-3-4;3*1-2/h4-6H,1-3H3;2-3H,1H3;2-3H,1H3,(H,6,7,8);3*1-2H3. The molecule has 0 atom stereocenters. The first-order valence-corrected chi connectivity index (χ1v) is 11.6. The van der Waals surface area contributed by atoms with Gasteiger partial charge in [-0.25, -0.2) is 29.7 Å². The molecule has 35 heavy (non-hydrogen) atoms. The molecule has 0 bridgehead atoms. The molecule has 3 aromatic rings. The van der Waals surface area contributed by atoms with Crippen LogP contribution in [-0.2, 0) is 6.18 Å². The van der Waals surface area contributed by atoms with Gasteiger partial charge in [0, 0.05) is 43.1 Å². The zero-order valence-electron chi connectivity index (χ0n) is 22.8. The highest BCUT2D eigenvalue weighted by atomic mass is 19.4. The van der Waals surface area contributed by atoms with E-state index in [1.165, 1.54) is 6.20 Å². The number of aromatic nitrogens is 6. The van der Waals surface area contributed by atoms with Crippen molar-refractivity contribution in [3.8, 4) is 0 Å². The van der Waals surface area contributed by atoms with Crippen LogP contribution in [-0.4, -0.2) is 29.9 Å². The van der Waals surface area contributed by atoms with Crippen LogP contribution in [0.5, 0.6) is 0 Å². The summed E-state index contributed by atoms with van der Waals surface area (Å²) in [4.78, 5) is 30.7. The fourth-order valence-electron chi connectivity index (χ4n) is 1.65. The lowest BCUT2D eigenvalue weighted by atomic mass is 10.2. The molecule has 0 spiro atoms. The van der Waals surface area contributed by atoms with Crippen LogP contribution in [0, 0.1) is 20.8 Å². The Labute approximate surface area is 207 Å². The van der Waals surface area contributed by atoms with Crippen LogP contribution in [0.3, 0.4) is 0 Å². The number of halogens is 3. The van der Waals surface area contributed by atoms with E-state index in [-0.39, 0.29) is 5.69 Å². The normalized spacial score (nSPS) is 9.23.